The average molecular weight is 290 g/mol. The van der Waals surface area contributed by atoms with Gasteiger partial charge in [0, 0.05) is 6.04 Å². The Morgan fingerprint density at radius 3 is 2.71 bits per heavy atom. The van der Waals surface area contributed by atoms with Crippen molar-refractivity contribution in [2.45, 2.75) is 45.1 Å². The molecule has 0 aliphatic heterocycles. The number of hydrogen-bond donors (Lipinski definition) is 2. The van der Waals surface area contributed by atoms with E-state index in [1.54, 1.807) is 12.1 Å². The van der Waals surface area contributed by atoms with Crippen LogP contribution in [0.15, 0.2) is 24.3 Å². The summed E-state index contributed by atoms with van der Waals surface area (Å²) in [5.41, 5.74) is 1.02. The van der Waals surface area contributed by atoms with Gasteiger partial charge in [0.15, 0.2) is 0 Å². The average Bonchev–Trinajstić information content (AvgIpc) is 2.46. The summed E-state index contributed by atoms with van der Waals surface area (Å²) in [6, 6.07) is 7.16. The minimum absolute atomic E-state index is 0.132. The summed E-state index contributed by atoms with van der Waals surface area (Å²) in [5, 5.41) is 5.43. The summed E-state index contributed by atoms with van der Waals surface area (Å²) in [6.45, 7) is 1.79. The van der Waals surface area contributed by atoms with E-state index in [9.17, 15) is 9.59 Å². The number of amides is 2. The topological polar surface area (TPSA) is 67.4 Å². The fourth-order valence-electron chi connectivity index (χ4n) is 2.48. The van der Waals surface area contributed by atoms with Crippen LogP contribution in [-0.2, 0) is 4.79 Å². The number of carbonyl (C=O) groups is 2. The quantitative estimate of drug-likeness (QED) is 0.661. The third kappa shape index (κ3) is 5.45. The molecule has 1 aliphatic carbocycles. The van der Waals surface area contributed by atoms with Crippen molar-refractivity contribution >= 4 is 12.0 Å². The van der Waals surface area contributed by atoms with E-state index in [-0.39, 0.29) is 18.6 Å². The Labute approximate surface area is 125 Å². The minimum atomic E-state index is -0.473. The Morgan fingerprint density at radius 2 is 2.00 bits per heavy atom. The first kappa shape index (κ1) is 15.4. The van der Waals surface area contributed by atoms with Gasteiger partial charge in [-0.05, 0) is 37.5 Å². The van der Waals surface area contributed by atoms with Crippen LogP contribution in [0, 0.1) is 6.92 Å². The van der Waals surface area contributed by atoms with Crippen molar-refractivity contribution in [1.82, 2.24) is 10.6 Å². The van der Waals surface area contributed by atoms with Gasteiger partial charge in [0.2, 0.25) is 0 Å². The lowest BCUT2D eigenvalue weighted by atomic mass is 9.96. The molecule has 1 saturated carbocycles. The van der Waals surface area contributed by atoms with Crippen LogP contribution in [0.25, 0.3) is 0 Å². The normalized spacial score (nSPS) is 15.3. The maximum absolute atomic E-state index is 11.7. The molecule has 1 aromatic carbocycles. The van der Waals surface area contributed by atoms with E-state index in [1.807, 2.05) is 19.1 Å². The van der Waals surface area contributed by atoms with Crippen molar-refractivity contribution in [1.29, 1.82) is 0 Å². The van der Waals surface area contributed by atoms with Crippen LogP contribution < -0.4 is 15.4 Å². The van der Waals surface area contributed by atoms with Crippen LogP contribution in [0.2, 0.25) is 0 Å². The standard InChI is InChI=1S/C16H22N2O3/c1-12-6-5-9-14(10-12)21-15(19)11-17-16(20)18-13-7-3-2-4-8-13/h5-6,9-10,13H,2-4,7-8,11H2,1H3,(H2,17,18,20). The van der Waals surface area contributed by atoms with Crippen molar-refractivity contribution < 1.29 is 14.3 Å². The van der Waals surface area contributed by atoms with E-state index in [0.717, 1.165) is 31.2 Å². The van der Waals surface area contributed by atoms with E-state index >= 15 is 0 Å². The molecule has 1 fully saturated rings. The Balaban J connectivity index is 1.69. The molecule has 0 heterocycles. The second-order valence-corrected chi connectivity index (χ2v) is 5.45. The van der Waals surface area contributed by atoms with Crippen LogP contribution >= 0.6 is 0 Å². The van der Waals surface area contributed by atoms with E-state index in [1.165, 1.54) is 6.42 Å². The van der Waals surface area contributed by atoms with Gasteiger partial charge < -0.3 is 15.4 Å². The van der Waals surface area contributed by atoms with Gasteiger partial charge in [0.05, 0.1) is 0 Å². The summed E-state index contributed by atoms with van der Waals surface area (Å²) in [5.74, 6) is 0.0221. The fourth-order valence-corrected chi connectivity index (χ4v) is 2.48. The number of hydrogen-bond acceptors (Lipinski definition) is 3. The molecule has 0 saturated heterocycles. The Hall–Kier alpha value is -2.04. The zero-order valence-electron chi connectivity index (χ0n) is 12.4. The van der Waals surface area contributed by atoms with Crippen molar-refractivity contribution in [2.24, 2.45) is 0 Å². The first-order chi connectivity index (χ1) is 10.1. The van der Waals surface area contributed by atoms with Crippen molar-refractivity contribution in [3.63, 3.8) is 0 Å². The molecular formula is C16H22N2O3. The predicted octanol–water partition coefficient (Wildman–Crippen LogP) is 2.53. The third-order valence-corrected chi connectivity index (χ3v) is 3.55. The summed E-state index contributed by atoms with van der Waals surface area (Å²) >= 11 is 0. The van der Waals surface area contributed by atoms with Gasteiger partial charge in [-0.15, -0.1) is 0 Å². The Kier molecular flexibility index (Phi) is 5.60. The van der Waals surface area contributed by atoms with E-state index in [2.05, 4.69) is 10.6 Å². The number of carbonyl (C=O) groups excluding carboxylic acids is 2. The number of urea groups is 1. The molecule has 0 bridgehead atoms. The number of aryl methyl sites for hydroxylation is 1. The second-order valence-electron chi connectivity index (χ2n) is 5.45. The highest BCUT2D eigenvalue weighted by Crippen LogP contribution is 2.17. The molecule has 2 amide bonds. The molecule has 0 atom stereocenters. The van der Waals surface area contributed by atoms with Gasteiger partial charge in [0.25, 0.3) is 0 Å². The first-order valence-corrected chi connectivity index (χ1v) is 7.45. The van der Waals surface area contributed by atoms with E-state index in [0.29, 0.717) is 5.75 Å². The molecule has 2 rings (SSSR count). The number of nitrogens with one attached hydrogen (secondary N) is 2. The van der Waals surface area contributed by atoms with Gasteiger partial charge in [-0.2, -0.15) is 0 Å². The lowest BCUT2D eigenvalue weighted by Crippen LogP contribution is -2.45. The Morgan fingerprint density at radius 1 is 1.24 bits per heavy atom. The largest absolute Gasteiger partial charge is 0.425 e. The predicted molar refractivity (Wildman–Crippen MR) is 80.2 cm³/mol. The molecule has 0 aromatic heterocycles. The molecule has 1 aromatic rings. The summed E-state index contributed by atoms with van der Waals surface area (Å²) in [4.78, 5) is 23.3. The number of esters is 1. The van der Waals surface area contributed by atoms with Crippen LogP contribution in [-0.4, -0.2) is 24.6 Å². The molecule has 0 spiro atoms. The molecule has 114 valence electrons. The zero-order chi connectivity index (χ0) is 15.1. The summed E-state index contributed by atoms with van der Waals surface area (Å²) in [6.07, 6.45) is 5.58. The fraction of sp³-hybridized carbons (Fsp3) is 0.500. The summed E-state index contributed by atoms with van der Waals surface area (Å²) < 4.78 is 5.15. The lowest BCUT2D eigenvalue weighted by molar-refractivity contribution is -0.133. The van der Waals surface area contributed by atoms with Gasteiger partial charge >= 0.3 is 12.0 Å². The molecule has 0 radical (unpaired) electrons. The van der Waals surface area contributed by atoms with Gasteiger partial charge in [-0.25, -0.2) is 9.59 Å². The second kappa shape index (κ2) is 7.67. The van der Waals surface area contributed by atoms with Crippen molar-refractivity contribution in [3.8, 4) is 5.75 Å². The van der Waals surface area contributed by atoms with E-state index in [4.69, 9.17) is 4.74 Å². The first-order valence-electron chi connectivity index (χ1n) is 7.45. The maximum atomic E-state index is 11.7. The monoisotopic (exact) mass is 290 g/mol. The number of ether oxygens (including phenoxy) is 1. The summed E-state index contributed by atoms with van der Waals surface area (Å²) in [7, 11) is 0. The maximum Gasteiger partial charge on any atom is 0.330 e. The highest BCUT2D eigenvalue weighted by atomic mass is 16.5. The highest BCUT2D eigenvalue weighted by molar-refractivity contribution is 5.82. The Bertz CT molecular complexity index is 496. The van der Waals surface area contributed by atoms with Crippen molar-refractivity contribution in [3.05, 3.63) is 29.8 Å². The minimum Gasteiger partial charge on any atom is -0.425 e. The molecule has 2 N–H and O–H groups in total. The zero-order valence-corrected chi connectivity index (χ0v) is 12.4. The van der Waals surface area contributed by atoms with Gasteiger partial charge in [-0.3, -0.25) is 0 Å². The molecule has 0 unspecified atom stereocenters. The molecule has 5 nitrogen and oxygen atoms in total. The number of benzene rings is 1. The number of rotatable bonds is 4. The smallest absolute Gasteiger partial charge is 0.330 e. The van der Waals surface area contributed by atoms with Gasteiger partial charge in [0.1, 0.15) is 12.3 Å². The van der Waals surface area contributed by atoms with Crippen LogP contribution in [0.4, 0.5) is 4.79 Å². The van der Waals surface area contributed by atoms with Crippen LogP contribution in [0.1, 0.15) is 37.7 Å². The highest BCUT2D eigenvalue weighted by Gasteiger charge is 2.16. The molecule has 5 heteroatoms. The van der Waals surface area contributed by atoms with Gasteiger partial charge in [-0.1, -0.05) is 31.4 Å². The van der Waals surface area contributed by atoms with Crippen LogP contribution in [0.5, 0.6) is 5.75 Å². The molecule has 1 aliphatic rings. The van der Waals surface area contributed by atoms with Crippen LogP contribution in [0.3, 0.4) is 0 Å². The third-order valence-electron chi connectivity index (χ3n) is 3.55. The molecule has 21 heavy (non-hydrogen) atoms. The SMILES string of the molecule is Cc1cccc(OC(=O)CNC(=O)NC2CCCCC2)c1. The lowest BCUT2D eigenvalue weighted by Gasteiger charge is -2.22. The van der Waals surface area contributed by atoms with Crippen molar-refractivity contribution in [2.75, 3.05) is 6.54 Å². The van der Waals surface area contributed by atoms with E-state index < -0.39 is 5.97 Å². The molecular weight excluding hydrogens is 268 g/mol.